The van der Waals surface area contributed by atoms with Gasteiger partial charge in [-0.3, -0.25) is 9.29 Å². The van der Waals surface area contributed by atoms with Crippen molar-refractivity contribution in [3.05, 3.63) is 69.5 Å². The topological polar surface area (TPSA) is 120 Å². The van der Waals surface area contributed by atoms with Crippen molar-refractivity contribution in [1.29, 1.82) is 0 Å². The van der Waals surface area contributed by atoms with Gasteiger partial charge in [0.25, 0.3) is 10.0 Å². The van der Waals surface area contributed by atoms with Crippen LogP contribution in [0.1, 0.15) is 18.6 Å². The fraction of sp³-hybridized carbons (Fsp3) is 0.167. The maximum atomic E-state index is 13.2. The molecule has 4 rings (SSSR count). The zero-order valence-corrected chi connectivity index (χ0v) is 17.0. The van der Waals surface area contributed by atoms with Crippen LogP contribution in [0.2, 0.25) is 5.02 Å². The molecule has 2 heterocycles. The number of nitrogens with one attached hydrogen (secondary N) is 1. The Morgan fingerprint density at radius 3 is 2.73 bits per heavy atom. The van der Waals surface area contributed by atoms with E-state index >= 15 is 0 Å². The number of hydrogen-bond acceptors (Lipinski definition) is 7. The first-order valence-corrected chi connectivity index (χ1v) is 10.6. The van der Waals surface area contributed by atoms with E-state index in [9.17, 15) is 17.6 Å². The van der Waals surface area contributed by atoms with Gasteiger partial charge < -0.3 is 8.94 Å². The molecule has 0 aliphatic heterocycles. The third kappa shape index (κ3) is 3.81. The Labute approximate surface area is 174 Å². The van der Waals surface area contributed by atoms with Crippen LogP contribution in [-0.4, -0.2) is 23.1 Å². The Bertz CT molecular complexity index is 1410. The van der Waals surface area contributed by atoms with Crippen LogP contribution in [0.5, 0.6) is 0 Å². The first-order chi connectivity index (χ1) is 14.3. The molecule has 0 saturated carbocycles. The lowest BCUT2D eigenvalue weighted by molar-refractivity contribution is 0.375. The summed E-state index contributed by atoms with van der Waals surface area (Å²) < 4.78 is 52.3. The lowest BCUT2D eigenvalue weighted by Crippen LogP contribution is -2.16. The molecule has 2 aromatic carbocycles. The number of aromatic nitrogens is 3. The first-order valence-electron chi connectivity index (χ1n) is 8.69. The van der Waals surface area contributed by atoms with Crippen LogP contribution in [0, 0.1) is 5.82 Å². The van der Waals surface area contributed by atoms with Gasteiger partial charge in [-0.2, -0.15) is 4.98 Å². The number of fused-ring (bicyclic) bond motifs is 1. The summed E-state index contributed by atoms with van der Waals surface area (Å²) in [6, 6.07) is 7.22. The number of benzene rings is 2. The van der Waals surface area contributed by atoms with Gasteiger partial charge in [0.15, 0.2) is 11.4 Å². The Morgan fingerprint density at radius 2 is 2.03 bits per heavy atom. The van der Waals surface area contributed by atoms with E-state index in [1.807, 2.05) is 6.92 Å². The van der Waals surface area contributed by atoms with Gasteiger partial charge in [0.1, 0.15) is 5.82 Å². The first kappa shape index (κ1) is 20.1. The van der Waals surface area contributed by atoms with Gasteiger partial charge >= 0.3 is 5.76 Å². The van der Waals surface area contributed by atoms with E-state index in [1.165, 1.54) is 28.8 Å². The molecule has 0 saturated heterocycles. The molecule has 4 aromatic rings. The Hall–Kier alpha value is -3.18. The zero-order chi connectivity index (χ0) is 21.5. The summed E-state index contributed by atoms with van der Waals surface area (Å²) in [6.45, 7) is 1.86. The summed E-state index contributed by atoms with van der Waals surface area (Å²) >= 11 is 5.88. The van der Waals surface area contributed by atoms with Crippen LogP contribution >= 0.6 is 11.6 Å². The molecule has 0 unspecified atom stereocenters. The minimum Gasteiger partial charge on any atom is -0.408 e. The lowest BCUT2D eigenvalue weighted by atomic mass is 10.3. The number of aryl methyl sites for hydroxylation is 1. The average Bonchev–Trinajstić information content (AvgIpc) is 3.28. The van der Waals surface area contributed by atoms with Crippen LogP contribution in [-0.2, 0) is 23.0 Å². The molecule has 0 aliphatic carbocycles. The summed E-state index contributed by atoms with van der Waals surface area (Å²) in [6.07, 6.45) is 0.556. The summed E-state index contributed by atoms with van der Waals surface area (Å²) in [4.78, 5) is 16.2. The quantitative estimate of drug-likeness (QED) is 0.477. The van der Waals surface area contributed by atoms with Crippen molar-refractivity contribution < 1.29 is 21.7 Å². The highest BCUT2D eigenvalue weighted by molar-refractivity contribution is 7.92. The molecule has 0 aliphatic rings. The van der Waals surface area contributed by atoms with E-state index in [4.69, 9.17) is 20.5 Å². The zero-order valence-electron chi connectivity index (χ0n) is 15.4. The summed E-state index contributed by atoms with van der Waals surface area (Å²) in [5.41, 5.74) is 0.440. The molecule has 0 amide bonds. The lowest BCUT2D eigenvalue weighted by Gasteiger charge is -2.09. The number of oxazole rings is 1. The largest absolute Gasteiger partial charge is 0.420 e. The molecule has 0 radical (unpaired) electrons. The number of anilines is 1. The second-order valence-corrected chi connectivity index (χ2v) is 8.36. The molecule has 156 valence electrons. The third-order valence-electron chi connectivity index (χ3n) is 4.24. The smallest absolute Gasteiger partial charge is 0.408 e. The SMILES string of the molecule is CCc1nc(Cn2c(=O)oc3cc(S(=O)(=O)Nc4ccc(F)cc4Cl)ccc32)no1. The van der Waals surface area contributed by atoms with Gasteiger partial charge in [-0.1, -0.05) is 23.7 Å². The van der Waals surface area contributed by atoms with E-state index in [-0.39, 0.29) is 27.7 Å². The molecule has 1 N–H and O–H groups in total. The maximum Gasteiger partial charge on any atom is 0.420 e. The number of sulfonamides is 1. The Kier molecular flexibility index (Phi) is 5.08. The van der Waals surface area contributed by atoms with Crippen LogP contribution in [0.15, 0.2) is 55.0 Å². The van der Waals surface area contributed by atoms with Gasteiger partial charge in [0.05, 0.1) is 27.7 Å². The molecule has 12 heteroatoms. The van der Waals surface area contributed by atoms with E-state index < -0.39 is 21.6 Å². The van der Waals surface area contributed by atoms with Crippen molar-refractivity contribution >= 4 is 38.4 Å². The van der Waals surface area contributed by atoms with Gasteiger partial charge in [0, 0.05) is 12.5 Å². The maximum absolute atomic E-state index is 13.2. The van der Waals surface area contributed by atoms with Crippen LogP contribution in [0.25, 0.3) is 11.1 Å². The second-order valence-electron chi connectivity index (χ2n) is 6.27. The van der Waals surface area contributed by atoms with Gasteiger partial charge in [-0.25, -0.2) is 17.6 Å². The van der Waals surface area contributed by atoms with Crippen molar-refractivity contribution in [2.75, 3.05) is 4.72 Å². The normalized spacial score (nSPS) is 11.8. The molecule has 30 heavy (non-hydrogen) atoms. The summed E-state index contributed by atoms with van der Waals surface area (Å²) in [5.74, 6) is -0.567. The molecule has 2 aromatic heterocycles. The second kappa shape index (κ2) is 7.58. The highest BCUT2D eigenvalue weighted by atomic mass is 35.5. The summed E-state index contributed by atoms with van der Waals surface area (Å²) in [5, 5.41) is 3.70. The highest BCUT2D eigenvalue weighted by Gasteiger charge is 2.20. The monoisotopic (exact) mass is 452 g/mol. The van der Waals surface area contributed by atoms with Crippen molar-refractivity contribution in [1.82, 2.24) is 14.7 Å². The molecule has 0 atom stereocenters. The molecular formula is C18H14ClFN4O5S. The van der Waals surface area contributed by atoms with Crippen molar-refractivity contribution in [3.8, 4) is 0 Å². The molecule has 9 nitrogen and oxygen atoms in total. The standard InChI is InChI=1S/C18H14ClFN4O5S/c1-2-17-21-16(22-29-17)9-24-14-6-4-11(8-15(14)28-18(24)25)30(26,27)23-13-5-3-10(20)7-12(13)19/h3-8,23H,2,9H2,1H3. The predicted octanol–water partition coefficient (Wildman–Crippen LogP) is 3.18. The third-order valence-corrected chi connectivity index (χ3v) is 5.91. The minimum absolute atomic E-state index is 0.00483. The van der Waals surface area contributed by atoms with E-state index in [0.29, 0.717) is 23.7 Å². The van der Waals surface area contributed by atoms with Crippen molar-refractivity contribution in [2.24, 2.45) is 0 Å². The fourth-order valence-corrected chi connectivity index (χ4v) is 4.14. The minimum atomic E-state index is -4.07. The van der Waals surface area contributed by atoms with Crippen molar-refractivity contribution in [3.63, 3.8) is 0 Å². The summed E-state index contributed by atoms with van der Waals surface area (Å²) in [7, 11) is -4.07. The van der Waals surface area contributed by atoms with E-state index in [0.717, 1.165) is 12.1 Å². The van der Waals surface area contributed by atoms with Crippen LogP contribution < -0.4 is 10.5 Å². The molecular weight excluding hydrogens is 439 g/mol. The predicted molar refractivity (Wildman–Crippen MR) is 105 cm³/mol. The number of rotatable bonds is 6. The Morgan fingerprint density at radius 1 is 1.23 bits per heavy atom. The van der Waals surface area contributed by atoms with E-state index in [1.54, 1.807) is 0 Å². The molecule has 0 fully saturated rings. The van der Waals surface area contributed by atoms with Gasteiger partial charge in [-0.05, 0) is 30.3 Å². The van der Waals surface area contributed by atoms with Crippen LogP contribution in [0.4, 0.5) is 10.1 Å². The molecule has 0 spiro atoms. The van der Waals surface area contributed by atoms with Gasteiger partial charge in [0.2, 0.25) is 5.89 Å². The molecule has 0 bridgehead atoms. The van der Waals surface area contributed by atoms with Gasteiger partial charge in [-0.15, -0.1) is 0 Å². The van der Waals surface area contributed by atoms with Crippen molar-refractivity contribution in [2.45, 2.75) is 24.8 Å². The number of nitrogens with zero attached hydrogens (tertiary/aromatic N) is 3. The number of hydrogen-bond donors (Lipinski definition) is 1. The fourth-order valence-electron chi connectivity index (χ4n) is 2.78. The highest BCUT2D eigenvalue weighted by Crippen LogP contribution is 2.26. The van der Waals surface area contributed by atoms with E-state index in [2.05, 4.69) is 14.9 Å². The average molecular weight is 453 g/mol. The Balaban J connectivity index is 1.67. The van der Waals surface area contributed by atoms with Crippen LogP contribution in [0.3, 0.4) is 0 Å². The number of halogens is 2.